The molecule has 0 aromatic heterocycles. The average molecular weight is 271 g/mol. The lowest BCUT2D eigenvalue weighted by Crippen LogP contribution is -2.42. The Bertz CT molecular complexity index is 274. The average Bonchev–Trinajstić information content (AvgIpc) is 2.32. The summed E-state index contributed by atoms with van der Waals surface area (Å²) in [6, 6.07) is -0.000802. The van der Waals surface area contributed by atoms with Crippen LogP contribution in [0.25, 0.3) is 0 Å². The molecule has 0 aliphatic rings. The second-order valence-corrected chi connectivity index (χ2v) is 5.35. The van der Waals surface area contributed by atoms with Gasteiger partial charge in [0.2, 0.25) is 11.8 Å². The summed E-state index contributed by atoms with van der Waals surface area (Å²) in [5.74, 6) is 0.0441. The Morgan fingerprint density at radius 1 is 1.16 bits per heavy atom. The van der Waals surface area contributed by atoms with Gasteiger partial charge >= 0.3 is 0 Å². The van der Waals surface area contributed by atoms with Gasteiger partial charge in [0.15, 0.2) is 0 Å². The Kier molecular flexibility index (Phi) is 9.21. The summed E-state index contributed by atoms with van der Waals surface area (Å²) in [7, 11) is 0. The Morgan fingerprint density at radius 3 is 2.21 bits per heavy atom. The van der Waals surface area contributed by atoms with Crippen molar-refractivity contribution in [3.05, 3.63) is 0 Å². The molecule has 0 aliphatic carbocycles. The van der Waals surface area contributed by atoms with E-state index in [1.165, 1.54) is 0 Å². The number of carbonyl (C=O) groups excluding carboxylic acids is 2. The van der Waals surface area contributed by atoms with Crippen LogP contribution in [0.1, 0.15) is 52.9 Å². The first-order valence-electron chi connectivity index (χ1n) is 7.20. The zero-order chi connectivity index (χ0) is 14.8. The molecule has 0 spiro atoms. The maximum Gasteiger partial charge on any atom is 0.237 e. The van der Waals surface area contributed by atoms with Crippen molar-refractivity contribution in [2.75, 3.05) is 13.1 Å². The number of amides is 2. The van der Waals surface area contributed by atoms with E-state index in [1.54, 1.807) is 4.90 Å². The number of carbonyl (C=O) groups is 2. The van der Waals surface area contributed by atoms with Crippen LogP contribution in [0.5, 0.6) is 0 Å². The molecule has 0 saturated carbocycles. The van der Waals surface area contributed by atoms with E-state index < -0.39 is 5.91 Å². The number of rotatable bonds is 10. The number of hydrogen-bond donors (Lipinski definition) is 2. The Balaban J connectivity index is 4.33. The number of hydrogen-bond acceptors (Lipinski definition) is 3. The van der Waals surface area contributed by atoms with Crippen LogP contribution in [-0.2, 0) is 9.59 Å². The maximum atomic E-state index is 12.1. The highest BCUT2D eigenvalue weighted by molar-refractivity contribution is 5.84. The predicted molar refractivity (Wildman–Crippen MR) is 77.3 cm³/mol. The van der Waals surface area contributed by atoms with Crippen molar-refractivity contribution < 1.29 is 9.59 Å². The predicted octanol–water partition coefficient (Wildman–Crippen LogP) is 1.25. The van der Waals surface area contributed by atoms with E-state index in [0.717, 1.165) is 25.7 Å². The second kappa shape index (κ2) is 9.78. The van der Waals surface area contributed by atoms with Gasteiger partial charge < -0.3 is 16.4 Å². The molecule has 0 heterocycles. The fourth-order valence-corrected chi connectivity index (χ4v) is 2.27. The summed E-state index contributed by atoms with van der Waals surface area (Å²) in [4.78, 5) is 24.6. The first-order valence-corrected chi connectivity index (χ1v) is 7.20. The van der Waals surface area contributed by atoms with Crippen molar-refractivity contribution in [2.45, 2.75) is 58.9 Å². The van der Waals surface area contributed by atoms with Gasteiger partial charge in [0, 0.05) is 12.5 Å². The van der Waals surface area contributed by atoms with Crippen molar-refractivity contribution >= 4 is 11.8 Å². The molecule has 112 valence electrons. The van der Waals surface area contributed by atoms with Crippen LogP contribution in [0.4, 0.5) is 0 Å². The molecule has 4 N–H and O–H groups in total. The first-order chi connectivity index (χ1) is 8.92. The van der Waals surface area contributed by atoms with E-state index in [2.05, 4.69) is 6.92 Å². The minimum atomic E-state index is -0.464. The normalized spacial score (nSPS) is 12.5. The van der Waals surface area contributed by atoms with Crippen LogP contribution in [0.15, 0.2) is 0 Å². The van der Waals surface area contributed by atoms with Gasteiger partial charge in [-0.05, 0) is 39.2 Å². The highest BCUT2D eigenvalue weighted by Gasteiger charge is 2.19. The van der Waals surface area contributed by atoms with E-state index >= 15 is 0 Å². The molecule has 0 aromatic carbocycles. The number of nitrogens with two attached hydrogens (primary N) is 2. The quantitative estimate of drug-likeness (QED) is 0.626. The molecule has 1 atom stereocenters. The molecule has 2 amide bonds. The fraction of sp³-hybridized carbons (Fsp3) is 0.857. The van der Waals surface area contributed by atoms with Crippen molar-refractivity contribution in [1.29, 1.82) is 0 Å². The minimum absolute atomic E-state index is 0.000802. The van der Waals surface area contributed by atoms with Gasteiger partial charge in [-0.25, -0.2) is 0 Å². The first kappa shape index (κ1) is 17.9. The van der Waals surface area contributed by atoms with Gasteiger partial charge in [-0.1, -0.05) is 19.8 Å². The zero-order valence-electron chi connectivity index (χ0n) is 12.5. The largest absolute Gasteiger partial charge is 0.368 e. The van der Waals surface area contributed by atoms with Crippen LogP contribution >= 0.6 is 0 Å². The highest BCUT2D eigenvalue weighted by atomic mass is 16.2. The third-order valence-corrected chi connectivity index (χ3v) is 3.31. The Hall–Kier alpha value is -1.10. The molecule has 0 aliphatic heterocycles. The van der Waals surface area contributed by atoms with Gasteiger partial charge in [0.1, 0.15) is 0 Å². The summed E-state index contributed by atoms with van der Waals surface area (Å²) >= 11 is 0. The summed E-state index contributed by atoms with van der Waals surface area (Å²) in [6.07, 6.45) is 4.47. The van der Waals surface area contributed by atoms with E-state index in [-0.39, 0.29) is 18.5 Å². The van der Waals surface area contributed by atoms with Crippen molar-refractivity contribution in [3.63, 3.8) is 0 Å². The molecule has 0 saturated heterocycles. The topological polar surface area (TPSA) is 89.4 Å². The van der Waals surface area contributed by atoms with E-state index in [0.29, 0.717) is 18.9 Å². The Labute approximate surface area is 116 Å². The second-order valence-electron chi connectivity index (χ2n) is 5.35. The number of nitrogens with zero attached hydrogens (tertiary/aromatic N) is 1. The summed E-state index contributed by atoms with van der Waals surface area (Å²) in [6.45, 7) is 6.59. The molecule has 19 heavy (non-hydrogen) atoms. The third-order valence-electron chi connectivity index (χ3n) is 3.31. The molecule has 0 bridgehead atoms. The van der Waals surface area contributed by atoms with E-state index in [1.807, 2.05) is 13.8 Å². The lowest BCUT2D eigenvalue weighted by molar-refractivity contribution is -0.137. The van der Waals surface area contributed by atoms with E-state index in [9.17, 15) is 9.59 Å². The summed E-state index contributed by atoms with van der Waals surface area (Å²) < 4.78 is 0. The van der Waals surface area contributed by atoms with Gasteiger partial charge in [-0.15, -0.1) is 0 Å². The summed E-state index contributed by atoms with van der Waals surface area (Å²) in [5, 5.41) is 0. The van der Waals surface area contributed by atoms with Crippen molar-refractivity contribution in [1.82, 2.24) is 4.90 Å². The molecule has 0 rings (SSSR count). The van der Waals surface area contributed by atoms with Crippen LogP contribution in [0, 0.1) is 5.92 Å². The molecule has 0 radical (unpaired) electrons. The standard InChI is InChI=1S/C14H29N3O2/c1-4-5-12(8-9-15)6-7-14(19)17(11(2)3)10-13(16)18/h11-12H,4-10,15H2,1-3H3,(H2,16,18). The molecule has 0 fully saturated rings. The van der Waals surface area contributed by atoms with Gasteiger partial charge in [-0.3, -0.25) is 9.59 Å². The van der Waals surface area contributed by atoms with Crippen molar-refractivity contribution in [3.8, 4) is 0 Å². The van der Waals surface area contributed by atoms with Crippen LogP contribution in [0.2, 0.25) is 0 Å². The van der Waals surface area contributed by atoms with Gasteiger partial charge in [0.25, 0.3) is 0 Å². The van der Waals surface area contributed by atoms with Gasteiger partial charge in [-0.2, -0.15) is 0 Å². The fourth-order valence-electron chi connectivity index (χ4n) is 2.27. The molecular weight excluding hydrogens is 242 g/mol. The third kappa shape index (κ3) is 7.82. The molecule has 5 nitrogen and oxygen atoms in total. The lowest BCUT2D eigenvalue weighted by Gasteiger charge is -2.26. The van der Waals surface area contributed by atoms with Crippen molar-refractivity contribution in [2.24, 2.45) is 17.4 Å². The molecule has 1 unspecified atom stereocenters. The molecule has 5 heteroatoms. The zero-order valence-corrected chi connectivity index (χ0v) is 12.5. The minimum Gasteiger partial charge on any atom is -0.368 e. The SMILES string of the molecule is CCCC(CCN)CCC(=O)N(CC(N)=O)C(C)C. The lowest BCUT2D eigenvalue weighted by atomic mass is 9.94. The maximum absolute atomic E-state index is 12.1. The highest BCUT2D eigenvalue weighted by Crippen LogP contribution is 2.18. The van der Waals surface area contributed by atoms with Crippen LogP contribution in [-0.4, -0.2) is 35.8 Å². The number of primary amides is 1. The van der Waals surface area contributed by atoms with Crippen LogP contribution < -0.4 is 11.5 Å². The van der Waals surface area contributed by atoms with E-state index in [4.69, 9.17) is 11.5 Å². The smallest absolute Gasteiger partial charge is 0.237 e. The monoisotopic (exact) mass is 271 g/mol. The Morgan fingerprint density at radius 2 is 1.79 bits per heavy atom. The van der Waals surface area contributed by atoms with Gasteiger partial charge in [0.05, 0.1) is 6.54 Å². The molecule has 0 aromatic rings. The summed E-state index contributed by atoms with van der Waals surface area (Å²) in [5.41, 5.74) is 10.8. The molecular formula is C14H29N3O2. The van der Waals surface area contributed by atoms with Crippen LogP contribution in [0.3, 0.4) is 0 Å².